The zero-order valence-corrected chi connectivity index (χ0v) is 33.8. The largest absolute Gasteiger partial charge is 0.313 e. The Morgan fingerprint density at radius 1 is 0.582 bits per heavy atom. The van der Waals surface area contributed by atoms with Crippen LogP contribution in [0, 0.1) is 11.8 Å². The Balaban J connectivity index is 1.13. The van der Waals surface area contributed by atoms with Crippen LogP contribution in [0.2, 0.25) is 18.6 Å². The molecule has 5 aromatic rings. The molecule has 55 heavy (non-hydrogen) atoms. The van der Waals surface area contributed by atoms with Gasteiger partial charge in [0.25, 0.3) is 0 Å². The molecule has 0 amide bonds. The van der Waals surface area contributed by atoms with Crippen molar-refractivity contribution in [1.82, 2.24) is 0 Å². The number of rotatable bonds is 8. The molecule has 0 N–H and O–H groups in total. The monoisotopic (exact) mass is 732 g/mol. The Kier molecular flexibility index (Phi) is 8.48. The van der Waals surface area contributed by atoms with Gasteiger partial charge in [0.2, 0.25) is 0 Å². The van der Waals surface area contributed by atoms with Gasteiger partial charge in [0.1, 0.15) is 0 Å². The van der Waals surface area contributed by atoms with E-state index in [1.807, 2.05) is 0 Å². The fourth-order valence-corrected chi connectivity index (χ4v) is 16.6. The maximum Gasteiger partial charge on any atom is 0.0721 e. The number of anilines is 5. The molecule has 0 bridgehead atoms. The molecule has 5 aromatic carbocycles. The highest BCUT2D eigenvalue weighted by molar-refractivity contribution is 6.82. The van der Waals surface area contributed by atoms with E-state index in [-0.39, 0.29) is 0 Å². The standard InChI is InChI=1S/C52H52N2Si/c1-35-31-45-47(33-37-19-17-29-43(37)49(45)53(39-21-9-5-10-22-39)40-23-11-6-12-24-40)51(35)55(3,4)52-36(2)32-46-48(52)34-38-20-18-30-44(38)50(46)54(41-25-13-7-14-26-41)42-27-15-8-16-28-42/h5-16,21-28,31-34,37,43,51-52H,17-20,29-30H2,1-4H3. The van der Waals surface area contributed by atoms with Gasteiger partial charge in [-0.25, -0.2) is 0 Å². The number of nitrogens with zero attached hydrogens (tertiary/aromatic N) is 2. The highest BCUT2D eigenvalue weighted by Crippen LogP contribution is 2.61. The lowest BCUT2D eigenvalue weighted by Crippen LogP contribution is -2.41. The van der Waals surface area contributed by atoms with E-state index in [1.54, 1.807) is 33.4 Å². The van der Waals surface area contributed by atoms with Crippen LogP contribution in [0.4, 0.5) is 28.4 Å². The molecule has 10 rings (SSSR count). The SMILES string of the molecule is CC1=CC2=C(N(c3ccccc3)c3ccccc3)C3CCCC3C=C2C1[Si](C)(C)C1C(C)=Cc2c1cc1c(c2N(c2ccccc2)c2ccccc2)CCC1. The van der Waals surface area contributed by atoms with Gasteiger partial charge in [-0.1, -0.05) is 128 Å². The Labute approximate surface area is 329 Å². The van der Waals surface area contributed by atoms with E-state index in [4.69, 9.17) is 0 Å². The maximum absolute atomic E-state index is 2.78. The van der Waals surface area contributed by atoms with Crippen LogP contribution >= 0.6 is 0 Å². The molecule has 1 saturated carbocycles. The third kappa shape index (κ3) is 5.57. The highest BCUT2D eigenvalue weighted by Gasteiger charge is 2.51. The number of allylic oxidation sites excluding steroid dienone is 7. The van der Waals surface area contributed by atoms with E-state index < -0.39 is 8.07 Å². The molecule has 0 aliphatic heterocycles. The minimum Gasteiger partial charge on any atom is -0.313 e. The minimum absolute atomic E-state index is 0.443. The molecule has 274 valence electrons. The molecule has 4 unspecified atom stereocenters. The molecule has 5 aliphatic carbocycles. The van der Waals surface area contributed by atoms with Crippen molar-refractivity contribution in [2.75, 3.05) is 9.80 Å². The molecular formula is C52H52N2Si. The summed E-state index contributed by atoms with van der Waals surface area (Å²) in [4.78, 5) is 5.20. The van der Waals surface area contributed by atoms with Gasteiger partial charge in [0.15, 0.2) is 0 Å². The molecule has 0 aromatic heterocycles. The minimum atomic E-state index is -2.11. The first kappa shape index (κ1) is 34.4. The van der Waals surface area contributed by atoms with Crippen LogP contribution in [0.5, 0.6) is 0 Å². The average molecular weight is 733 g/mol. The second-order valence-electron chi connectivity index (χ2n) is 17.3. The van der Waals surface area contributed by atoms with Crippen molar-refractivity contribution >= 4 is 42.6 Å². The summed E-state index contributed by atoms with van der Waals surface area (Å²) in [6, 6.07) is 47.1. The molecule has 1 fully saturated rings. The Hall–Kier alpha value is -5.12. The Bertz CT molecular complexity index is 2310. The van der Waals surface area contributed by atoms with Crippen LogP contribution < -0.4 is 9.80 Å². The molecule has 0 spiro atoms. The molecule has 2 nitrogen and oxygen atoms in total. The van der Waals surface area contributed by atoms with Crippen molar-refractivity contribution in [3.05, 3.63) is 190 Å². The van der Waals surface area contributed by atoms with E-state index in [0.717, 1.165) is 6.42 Å². The van der Waals surface area contributed by atoms with Gasteiger partial charge in [0, 0.05) is 51.0 Å². The maximum atomic E-state index is 2.78. The van der Waals surface area contributed by atoms with Crippen LogP contribution in [-0.2, 0) is 12.8 Å². The molecule has 0 heterocycles. The van der Waals surface area contributed by atoms with E-state index in [9.17, 15) is 0 Å². The predicted octanol–water partition coefficient (Wildman–Crippen LogP) is 14.2. The van der Waals surface area contributed by atoms with Crippen molar-refractivity contribution < 1.29 is 0 Å². The summed E-state index contributed by atoms with van der Waals surface area (Å²) in [5.41, 5.74) is 21.3. The predicted molar refractivity (Wildman–Crippen MR) is 235 cm³/mol. The zero-order chi connectivity index (χ0) is 37.3. The first-order valence-electron chi connectivity index (χ1n) is 20.7. The summed E-state index contributed by atoms with van der Waals surface area (Å²) in [7, 11) is -2.11. The number of benzene rings is 5. The average Bonchev–Trinajstić information content (AvgIpc) is 4.01. The van der Waals surface area contributed by atoms with Gasteiger partial charge >= 0.3 is 0 Å². The summed E-state index contributed by atoms with van der Waals surface area (Å²) in [6.07, 6.45) is 15.4. The van der Waals surface area contributed by atoms with Gasteiger partial charge < -0.3 is 9.80 Å². The third-order valence-electron chi connectivity index (χ3n) is 13.6. The lowest BCUT2D eigenvalue weighted by Gasteiger charge is -2.42. The molecule has 0 radical (unpaired) electrons. The second kappa shape index (κ2) is 13.6. The van der Waals surface area contributed by atoms with E-state index in [0.29, 0.717) is 22.9 Å². The molecule has 5 aliphatic rings. The van der Waals surface area contributed by atoms with Crippen LogP contribution in [-0.4, -0.2) is 8.07 Å². The number of aryl methyl sites for hydroxylation is 1. The number of para-hydroxylation sites is 4. The highest BCUT2D eigenvalue weighted by atomic mass is 28.3. The van der Waals surface area contributed by atoms with Gasteiger partial charge in [0.05, 0.1) is 13.8 Å². The lowest BCUT2D eigenvalue weighted by atomic mass is 9.81. The summed E-state index contributed by atoms with van der Waals surface area (Å²) in [5, 5.41) is 0. The van der Waals surface area contributed by atoms with Crippen LogP contribution in [0.1, 0.15) is 67.3 Å². The normalized spacial score (nSPS) is 22.4. The quantitative estimate of drug-likeness (QED) is 0.147. The van der Waals surface area contributed by atoms with Gasteiger partial charge in [-0.3, -0.25) is 0 Å². The first-order chi connectivity index (χ1) is 26.9. The topological polar surface area (TPSA) is 6.48 Å². The van der Waals surface area contributed by atoms with Crippen molar-refractivity contribution in [2.24, 2.45) is 11.8 Å². The van der Waals surface area contributed by atoms with E-state index in [1.165, 1.54) is 77.4 Å². The first-order valence-corrected chi connectivity index (χ1v) is 23.9. The van der Waals surface area contributed by atoms with Crippen molar-refractivity contribution in [3.63, 3.8) is 0 Å². The Morgan fingerprint density at radius 2 is 1.13 bits per heavy atom. The molecular weight excluding hydrogens is 681 g/mol. The molecule has 4 atom stereocenters. The fraction of sp³-hybridized carbons (Fsp3) is 0.269. The summed E-state index contributed by atoms with van der Waals surface area (Å²) >= 11 is 0. The van der Waals surface area contributed by atoms with Crippen molar-refractivity contribution in [3.8, 4) is 0 Å². The molecule has 0 saturated heterocycles. The Morgan fingerprint density at radius 3 is 1.71 bits per heavy atom. The van der Waals surface area contributed by atoms with Gasteiger partial charge in [-0.2, -0.15) is 0 Å². The zero-order valence-electron chi connectivity index (χ0n) is 32.8. The molecule has 3 heteroatoms. The fourth-order valence-electron chi connectivity index (χ4n) is 11.7. The van der Waals surface area contributed by atoms with Crippen LogP contribution in [0.25, 0.3) is 6.08 Å². The van der Waals surface area contributed by atoms with Gasteiger partial charge in [-0.15, -0.1) is 0 Å². The number of hydrogen-bond donors (Lipinski definition) is 0. The summed E-state index contributed by atoms with van der Waals surface area (Å²) < 4.78 is 0. The van der Waals surface area contributed by atoms with E-state index in [2.05, 4.69) is 182 Å². The summed E-state index contributed by atoms with van der Waals surface area (Å²) in [5.74, 6) is 1.12. The summed E-state index contributed by atoms with van der Waals surface area (Å²) in [6.45, 7) is 10.4. The van der Waals surface area contributed by atoms with Crippen molar-refractivity contribution in [2.45, 2.75) is 76.5 Å². The number of fused-ring (bicyclic) bond motifs is 4. The van der Waals surface area contributed by atoms with Gasteiger partial charge in [-0.05, 0) is 128 Å². The second-order valence-corrected chi connectivity index (χ2v) is 22.1. The lowest BCUT2D eigenvalue weighted by molar-refractivity contribution is 0.507. The van der Waals surface area contributed by atoms with Crippen LogP contribution in [0.3, 0.4) is 0 Å². The van der Waals surface area contributed by atoms with E-state index >= 15 is 0 Å². The van der Waals surface area contributed by atoms with Crippen LogP contribution in [0.15, 0.2) is 168 Å². The number of hydrogen-bond acceptors (Lipinski definition) is 2. The third-order valence-corrected chi connectivity index (χ3v) is 18.1. The van der Waals surface area contributed by atoms with Crippen molar-refractivity contribution in [1.29, 1.82) is 0 Å². The smallest absolute Gasteiger partial charge is 0.0721 e.